The summed E-state index contributed by atoms with van der Waals surface area (Å²) in [6.07, 6.45) is 1.69. The lowest BCUT2D eigenvalue weighted by atomic mass is 10.0. The van der Waals surface area contributed by atoms with Crippen LogP contribution in [0, 0.1) is 0 Å². The predicted molar refractivity (Wildman–Crippen MR) is 92.2 cm³/mol. The second kappa shape index (κ2) is 9.39. The summed E-state index contributed by atoms with van der Waals surface area (Å²) in [5, 5.41) is 11.8. The van der Waals surface area contributed by atoms with E-state index in [-0.39, 0.29) is 19.2 Å². The molecule has 1 heterocycles. The number of aliphatic hydroxyl groups excluding tert-OH is 1. The number of benzene rings is 1. The molecule has 0 atom stereocenters. The summed E-state index contributed by atoms with van der Waals surface area (Å²) in [6, 6.07) is 10.4. The first-order chi connectivity index (χ1) is 11.6. The van der Waals surface area contributed by atoms with Crippen LogP contribution in [0.2, 0.25) is 0 Å². The topological polar surface area (TPSA) is 72.9 Å². The smallest absolute Gasteiger partial charge is 0.311 e. The number of nitrogens with one attached hydrogen (secondary N) is 1. The number of amides is 2. The third kappa shape index (κ3) is 5.32. The molecular weight excluding hydrogens is 306 g/mol. The Balaban J connectivity index is 1.76. The number of carbonyl (C=O) groups is 2. The van der Waals surface area contributed by atoms with Gasteiger partial charge in [0, 0.05) is 38.8 Å². The van der Waals surface area contributed by atoms with Gasteiger partial charge in [0.15, 0.2) is 0 Å². The van der Waals surface area contributed by atoms with Gasteiger partial charge in [-0.2, -0.15) is 0 Å². The average molecular weight is 333 g/mol. The second-order valence-electron chi connectivity index (χ2n) is 6.12. The highest BCUT2D eigenvalue weighted by Crippen LogP contribution is 2.13. The van der Waals surface area contributed by atoms with Gasteiger partial charge in [0.1, 0.15) is 0 Å². The summed E-state index contributed by atoms with van der Waals surface area (Å²) in [5.74, 6) is -1.12. The molecule has 1 aromatic carbocycles. The van der Waals surface area contributed by atoms with Crippen molar-refractivity contribution in [2.45, 2.75) is 32.4 Å². The lowest BCUT2D eigenvalue weighted by molar-refractivity contribution is -0.146. The molecule has 0 aliphatic carbocycles. The molecule has 0 unspecified atom stereocenters. The zero-order valence-corrected chi connectivity index (χ0v) is 14.3. The minimum absolute atomic E-state index is 0.0429. The van der Waals surface area contributed by atoms with Gasteiger partial charge < -0.3 is 15.3 Å². The van der Waals surface area contributed by atoms with Crippen LogP contribution in [0.5, 0.6) is 0 Å². The summed E-state index contributed by atoms with van der Waals surface area (Å²) >= 11 is 0. The van der Waals surface area contributed by atoms with Gasteiger partial charge in [-0.25, -0.2) is 0 Å². The van der Waals surface area contributed by atoms with E-state index in [4.69, 9.17) is 5.11 Å². The van der Waals surface area contributed by atoms with E-state index in [2.05, 4.69) is 22.3 Å². The Morgan fingerprint density at radius 1 is 1.25 bits per heavy atom. The van der Waals surface area contributed by atoms with Crippen LogP contribution in [0.15, 0.2) is 30.3 Å². The van der Waals surface area contributed by atoms with E-state index in [9.17, 15) is 9.59 Å². The molecule has 2 N–H and O–H groups in total. The van der Waals surface area contributed by atoms with Crippen molar-refractivity contribution in [1.82, 2.24) is 15.1 Å². The lowest BCUT2D eigenvalue weighted by Crippen LogP contribution is -2.50. The number of likely N-dealkylation sites (N-methyl/N-ethyl adjacent to an activating group) is 1. The lowest BCUT2D eigenvalue weighted by Gasteiger charge is -2.32. The minimum atomic E-state index is -0.563. The molecule has 24 heavy (non-hydrogen) atoms. The Morgan fingerprint density at radius 3 is 2.50 bits per heavy atom. The summed E-state index contributed by atoms with van der Waals surface area (Å²) < 4.78 is 0. The molecule has 2 amide bonds. The zero-order chi connectivity index (χ0) is 17.4. The van der Waals surface area contributed by atoms with Crippen molar-refractivity contribution in [3.05, 3.63) is 35.9 Å². The Bertz CT molecular complexity index is 528. The van der Waals surface area contributed by atoms with Crippen LogP contribution in [0.3, 0.4) is 0 Å². The standard InChI is InChI=1S/C18H27N3O3/c1-2-21(12-13-22)18(24)17(23)19-16-8-10-20(11-9-16)14-15-6-4-3-5-7-15/h3-7,16,22H,2,8-14H2,1H3,(H,19,23). The van der Waals surface area contributed by atoms with Crippen LogP contribution in [0.25, 0.3) is 0 Å². The molecule has 1 saturated heterocycles. The van der Waals surface area contributed by atoms with Gasteiger partial charge in [-0.1, -0.05) is 30.3 Å². The van der Waals surface area contributed by atoms with Crippen molar-refractivity contribution in [3.63, 3.8) is 0 Å². The molecule has 0 bridgehead atoms. The highest BCUT2D eigenvalue weighted by Gasteiger charge is 2.25. The Labute approximate surface area is 143 Å². The first kappa shape index (κ1) is 18.4. The largest absolute Gasteiger partial charge is 0.395 e. The van der Waals surface area contributed by atoms with Gasteiger partial charge in [0.05, 0.1) is 6.61 Å². The van der Waals surface area contributed by atoms with Gasteiger partial charge >= 0.3 is 11.8 Å². The van der Waals surface area contributed by atoms with Gasteiger partial charge in [0.25, 0.3) is 0 Å². The fourth-order valence-corrected chi connectivity index (χ4v) is 2.99. The van der Waals surface area contributed by atoms with E-state index in [0.717, 1.165) is 32.5 Å². The van der Waals surface area contributed by atoms with E-state index in [1.165, 1.54) is 10.5 Å². The third-order valence-electron chi connectivity index (χ3n) is 4.40. The van der Waals surface area contributed by atoms with Crippen LogP contribution in [-0.4, -0.2) is 65.5 Å². The van der Waals surface area contributed by atoms with E-state index in [1.54, 1.807) is 6.92 Å². The molecule has 0 radical (unpaired) electrons. The summed E-state index contributed by atoms with van der Waals surface area (Å²) in [6.45, 7) is 5.00. The van der Waals surface area contributed by atoms with E-state index in [0.29, 0.717) is 6.54 Å². The fourth-order valence-electron chi connectivity index (χ4n) is 2.99. The van der Waals surface area contributed by atoms with Crippen molar-refractivity contribution in [2.24, 2.45) is 0 Å². The molecule has 132 valence electrons. The van der Waals surface area contributed by atoms with E-state index < -0.39 is 11.8 Å². The number of rotatable bonds is 6. The van der Waals surface area contributed by atoms with Crippen molar-refractivity contribution in [3.8, 4) is 0 Å². The third-order valence-corrected chi connectivity index (χ3v) is 4.40. The molecule has 0 saturated carbocycles. The Morgan fingerprint density at radius 2 is 1.92 bits per heavy atom. The molecular formula is C18H27N3O3. The molecule has 1 aliphatic rings. The first-order valence-corrected chi connectivity index (χ1v) is 8.61. The number of hydrogen-bond acceptors (Lipinski definition) is 4. The quantitative estimate of drug-likeness (QED) is 0.748. The maximum absolute atomic E-state index is 12.1. The van der Waals surface area contributed by atoms with Gasteiger partial charge in [0.2, 0.25) is 0 Å². The molecule has 1 fully saturated rings. The van der Waals surface area contributed by atoms with Crippen molar-refractivity contribution < 1.29 is 14.7 Å². The molecule has 6 nitrogen and oxygen atoms in total. The molecule has 0 spiro atoms. The summed E-state index contributed by atoms with van der Waals surface area (Å²) in [7, 11) is 0. The molecule has 2 rings (SSSR count). The highest BCUT2D eigenvalue weighted by atomic mass is 16.3. The van der Waals surface area contributed by atoms with Crippen LogP contribution < -0.4 is 5.32 Å². The molecule has 1 aliphatic heterocycles. The molecule has 6 heteroatoms. The van der Waals surface area contributed by atoms with Crippen LogP contribution >= 0.6 is 0 Å². The van der Waals surface area contributed by atoms with Crippen molar-refractivity contribution >= 4 is 11.8 Å². The van der Waals surface area contributed by atoms with Gasteiger partial charge in [-0.05, 0) is 25.3 Å². The predicted octanol–water partition coefficient (Wildman–Crippen LogP) is 0.608. The van der Waals surface area contributed by atoms with E-state index in [1.807, 2.05) is 18.2 Å². The summed E-state index contributed by atoms with van der Waals surface area (Å²) in [5.41, 5.74) is 1.29. The minimum Gasteiger partial charge on any atom is -0.395 e. The summed E-state index contributed by atoms with van der Waals surface area (Å²) in [4.78, 5) is 27.8. The number of hydrogen-bond donors (Lipinski definition) is 2. The number of piperidine rings is 1. The van der Waals surface area contributed by atoms with Crippen LogP contribution in [0.4, 0.5) is 0 Å². The van der Waals surface area contributed by atoms with Gasteiger partial charge in [-0.15, -0.1) is 0 Å². The van der Waals surface area contributed by atoms with Crippen molar-refractivity contribution in [1.29, 1.82) is 0 Å². The molecule has 0 aromatic heterocycles. The van der Waals surface area contributed by atoms with Gasteiger partial charge in [-0.3, -0.25) is 14.5 Å². The maximum atomic E-state index is 12.1. The van der Waals surface area contributed by atoms with E-state index >= 15 is 0 Å². The monoisotopic (exact) mass is 333 g/mol. The second-order valence-corrected chi connectivity index (χ2v) is 6.12. The fraction of sp³-hybridized carbons (Fsp3) is 0.556. The Hall–Kier alpha value is -1.92. The van der Waals surface area contributed by atoms with Crippen LogP contribution in [0.1, 0.15) is 25.3 Å². The van der Waals surface area contributed by atoms with Crippen molar-refractivity contribution in [2.75, 3.05) is 32.8 Å². The normalized spacial score (nSPS) is 15.9. The number of likely N-dealkylation sites (tertiary alicyclic amines) is 1. The Kier molecular flexibility index (Phi) is 7.21. The van der Waals surface area contributed by atoms with Crippen LogP contribution in [-0.2, 0) is 16.1 Å². The average Bonchev–Trinajstić information content (AvgIpc) is 2.61. The number of aliphatic hydroxyl groups is 1. The first-order valence-electron chi connectivity index (χ1n) is 8.61. The maximum Gasteiger partial charge on any atom is 0.311 e. The zero-order valence-electron chi connectivity index (χ0n) is 14.3. The number of carbonyl (C=O) groups excluding carboxylic acids is 2. The molecule has 1 aromatic rings. The number of nitrogens with zero attached hydrogens (tertiary/aromatic N) is 2. The SMILES string of the molecule is CCN(CCO)C(=O)C(=O)NC1CCN(Cc2ccccc2)CC1. The highest BCUT2D eigenvalue weighted by molar-refractivity contribution is 6.35.